The van der Waals surface area contributed by atoms with Crippen LogP contribution in [0.5, 0.6) is 0 Å². The average molecular weight is 1080 g/mol. The molecule has 0 N–H and O–H groups in total. The summed E-state index contributed by atoms with van der Waals surface area (Å²) in [7, 11) is 0. The fraction of sp³-hybridized carbons (Fsp3) is 0.873. The van der Waals surface area contributed by atoms with E-state index < -0.39 is 6.10 Å². The Morgan fingerprint density at radius 3 is 0.727 bits per heavy atom. The Labute approximate surface area is 480 Å². The highest BCUT2D eigenvalue weighted by Crippen LogP contribution is 2.18. The summed E-state index contributed by atoms with van der Waals surface area (Å²) in [5.74, 6) is -0.843. The van der Waals surface area contributed by atoms with Gasteiger partial charge in [-0.3, -0.25) is 14.4 Å². The van der Waals surface area contributed by atoms with Gasteiger partial charge in [0.25, 0.3) is 0 Å². The molecule has 0 aromatic rings. The Kier molecular flexibility index (Phi) is 64.1. The molecule has 0 amide bonds. The van der Waals surface area contributed by atoms with Crippen LogP contribution in [0.15, 0.2) is 36.5 Å². The summed E-state index contributed by atoms with van der Waals surface area (Å²) < 4.78 is 16.9. The standard InChI is InChI=1S/C71H132O6/c1-4-7-10-13-16-19-21-23-25-27-29-30-31-32-33-34-35-36-37-38-39-40-41-42-43-45-46-48-50-52-55-58-61-64-70(73)76-67-68(66-75-69(72)63-60-57-54-18-15-12-9-6-3)77-71(74)65-62-59-56-53-51-49-47-44-28-26-24-22-20-17-14-11-8-5-2/h21,23,27,29,31-32,68H,4-20,22,24-26,28,30,33-67H2,1-3H3/b23-21-,29-27-,32-31-. The van der Waals surface area contributed by atoms with Crippen molar-refractivity contribution in [2.45, 2.75) is 386 Å². The van der Waals surface area contributed by atoms with Crippen molar-refractivity contribution in [1.29, 1.82) is 0 Å². The Balaban J connectivity index is 4.01. The summed E-state index contributed by atoms with van der Waals surface area (Å²) in [4.78, 5) is 38.2. The van der Waals surface area contributed by atoms with Crippen molar-refractivity contribution in [3.8, 4) is 0 Å². The van der Waals surface area contributed by atoms with Crippen molar-refractivity contribution in [2.75, 3.05) is 13.2 Å². The molecule has 0 aliphatic carbocycles. The minimum absolute atomic E-state index is 0.0652. The Bertz CT molecular complexity index is 1290. The normalized spacial score (nSPS) is 12.2. The molecule has 0 saturated carbocycles. The van der Waals surface area contributed by atoms with E-state index in [1.807, 2.05) is 0 Å². The monoisotopic (exact) mass is 1080 g/mol. The van der Waals surface area contributed by atoms with Crippen LogP contribution in [0.4, 0.5) is 0 Å². The molecule has 0 aromatic heterocycles. The quantitative estimate of drug-likeness (QED) is 0.0261. The second-order valence-electron chi connectivity index (χ2n) is 23.5. The van der Waals surface area contributed by atoms with Crippen LogP contribution in [0.1, 0.15) is 380 Å². The molecular weight excluding hydrogens is 949 g/mol. The number of allylic oxidation sites excluding steroid dienone is 6. The fourth-order valence-electron chi connectivity index (χ4n) is 10.5. The van der Waals surface area contributed by atoms with Gasteiger partial charge in [0.2, 0.25) is 0 Å². The van der Waals surface area contributed by atoms with Crippen LogP contribution in [-0.2, 0) is 28.6 Å². The molecule has 0 heterocycles. The van der Waals surface area contributed by atoms with Gasteiger partial charge in [-0.1, -0.05) is 340 Å². The molecule has 6 heteroatoms. The zero-order chi connectivity index (χ0) is 55.7. The third-order valence-electron chi connectivity index (χ3n) is 15.6. The van der Waals surface area contributed by atoms with Crippen LogP contribution < -0.4 is 0 Å². The highest BCUT2D eigenvalue weighted by molar-refractivity contribution is 5.71. The Morgan fingerprint density at radius 1 is 0.260 bits per heavy atom. The number of carbonyl (C=O) groups is 3. The molecule has 0 aliphatic heterocycles. The van der Waals surface area contributed by atoms with Gasteiger partial charge in [-0.15, -0.1) is 0 Å². The molecule has 0 aliphatic rings. The van der Waals surface area contributed by atoms with Crippen LogP contribution in [0.2, 0.25) is 0 Å². The first-order valence-corrected chi connectivity index (χ1v) is 34.5. The van der Waals surface area contributed by atoms with E-state index in [2.05, 4.69) is 57.2 Å². The highest BCUT2D eigenvalue weighted by atomic mass is 16.6. The lowest BCUT2D eigenvalue weighted by Crippen LogP contribution is -2.30. The maximum absolute atomic E-state index is 12.9. The number of esters is 3. The van der Waals surface area contributed by atoms with E-state index in [0.29, 0.717) is 19.3 Å². The SMILES string of the molecule is CCCCCCC/C=C\C/C=C\C/C=C\CCCCCCCCCCCCCCCCCCCCC(=O)OCC(COC(=O)CCCCCCCCCC)OC(=O)CCCCCCCCCCCCCCCCCCCC. The van der Waals surface area contributed by atoms with Crippen LogP contribution in [0.3, 0.4) is 0 Å². The molecule has 0 bridgehead atoms. The minimum Gasteiger partial charge on any atom is -0.462 e. The van der Waals surface area contributed by atoms with Gasteiger partial charge < -0.3 is 14.2 Å². The average Bonchev–Trinajstić information content (AvgIpc) is 3.43. The summed E-state index contributed by atoms with van der Waals surface area (Å²) in [5.41, 5.74) is 0. The van der Waals surface area contributed by atoms with E-state index >= 15 is 0 Å². The van der Waals surface area contributed by atoms with Gasteiger partial charge in [0.15, 0.2) is 6.10 Å². The summed E-state index contributed by atoms with van der Waals surface area (Å²) >= 11 is 0. The van der Waals surface area contributed by atoms with Crippen LogP contribution >= 0.6 is 0 Å². The molecule has 452 valence electrons. The molecule has 0 spiro atoms. The van der Waals surface area contributed by atoms with E-state index in [-0.39, 0.29) is 31.1 Å². The topological polar surface area (TPSA) is 78.9 Å². The number of hydrogen-bond acceptors (Lipinski definition) is 6. The lowest BCUT2D eigenvalue weighted by atomic mass is 10.0. The molecule has 0 rings (SSSR count). The molecule has 1 unspecified atom stereocenters. The third-order valence-corrected chi connectivity index (χ3v) is 15.6. The lowest BCUT2D eigenvalue weighted by molar-refractivity contribution is -0.167. The van der Waals surface area contributed by atoms with Gasteiger partial charge in [-0.05, 0) is 57.8 Å². The van der Waals surface area contributed by atoms with E-state index in [1.165, 1.54) is 270 Å². The van der Waals surface area contributed by atoms with Gasteiger partial charge in [-0.2, -0.15) is 0 Å². The van der Waals surface area contributed by atoms with Crippen molar-refractivity contribution in [2.24, 2.45) is 0 Å². The molecule has 0 radical (unpaired) electrons. The van der Waals surface area contributed by atoms with E-state index in [9.17, 15) is 14.4 Å². The zero-order valence-corrected chi connectivity index (χ0v) is 52.0. The van der Waals surface area contributed by atoms with Gasteiger partial charge in [0, 0.05) is 19.3 Å². The van der Waals surface area contributed by atoms with E-state index in [0.717, 1.165) is 70.6 Å². The van der Waals surface area contributed by atoms with Gasteiger partial charge in [-0.25, -0.2) is 0 Å². The van der Waals surface area contributed by atoms with Crippen LogP contribution in [0, 0.1) is 0 Å². The predicted octanol–water partition coefficient (Wildman–Crippen LogP) is 23.6. The number of unbranched alkanes of at least 4 members (excludes halogenated alkanes) is 47. The number of carbonyl (C=O) groups excluding carboxylic acids is 3. The smallest absolute Gasteiger partial charge is 0.306 e. The maximum Gasteiger partial charge on any atom is 0.306 e. The van der Waals surface area contributed by atoms with Gasteiger partial charge in [0.05, 0.1) is 0 Å². The molecule has 1 atom stereocenters. The first-order valence-electron chi connectivity index (χ1n) is 34.5. The van der Waals surface area contributed by atoms with Crippen molar-refractivity contribution in [3.63, 3.8) is 0 Å². The molecule has 0 fully saturated rings. The molecular formula is C71H132O6. The number of rotatable bonds is 64. The van der Waals surface area contributed by atoms with Crippen LogP contribution in [-0.4, -0.2) is 37.2 Å². The minimum atomic E-state index is -0.765. The third kappa shape index (κ3) is 64.3. The highest BCUT2D eigenvalue weighted by Gasteiger charge is 2.19. The van der Waals surface area contributed by atoms with E-state index in [1.54, 1.807) is 0 Å². The second-order valence-corrected chi connectivity index (χ2v) is 23.5. The largest absolute Gasteiger partial charge is 0.462 e. The van der Waals surface area contributed by atoms with Gasteiger partial charge >= 0.3 is 17.9 Å². The van der Waals surface area contributed by atoms with Crippen molar-refractivity contribution >= 4 is 17.9 Å². The second kappa shape index (κ2) is 66.1. The molecule has 0 saturated heterocycles. The zero-order valence-electron chi connectivity index (χ0n) is 52.0. The van der Waals surface area contributed by atoms with Crippen molar-refractivity contribution < 1.29 is 28.6 Å². The molecule has 77 heavy (non-hydrogen) atoms. The summed E-state index contributed by atoms with van der Waals surface area (Å²) in [6.45, 7) is 6.66. The first-order chi connectivity index (χ1) is 38.0. The van der Waals surface area contributed by atoms with Gasteiger partial charge in [0.1, 0.15) is 13.2 Å². The summed E-state index contributed by atoms with van der Waals surface area (Å²) in [5, 5.41) is 0. The number of ether oxygens (including phenoxy) is 3. The Morgan fingerprint density at radius 2 is 0.468 bits per heavy atom. The van der Waals surface area contributed by atoms with Crippen molar-refractivity contribution in [1.82, 2.24) is 0 Å². The van der Waals surface area contributed by atoms with E-state index in [4.69, 9.17) is 14.2 Å². The fourth-order valence-corrected chi connectivity index (χ4v) is 10.5. The van der Waals surface area contributed by atoms with Crippen LogP contribution in [0.25, 0.3) is 0 Å². The van der Waals surface area contributed by atoms with Crippen molar-refractivity contribution in [3.05, 3.63) is 36.5 Å². The predicted molar refractivity (Wildman–Crippen MR) is 335 cm³/mol. The lowest BCUT2D eigenvalue weighted by Gasteiger charge is -2.18. The number of hydrogen-bond donors (Lipinski definition) is 0. The maximum atomic E-state index is 12.9. The Hall–Kier alpha value is -2.37. The summed E-state index contributed by atoms with van der Waals surface area (Å²) in [6.07, 6.45) is 82.0. The molecule has 0 aromatic carbocycles. The summed E-state index contributed by atoms with van der Waals surface area (Å²) in [6, 6.07) is 0. The molecule has 6 nitrogen and oxygen atoms in total. The first kappa shape index (κ1) is 74.6.